The molecule has 0 unspecified atom stereocenters. The number of nitrogens with one attached hydrogen (secondary N) is 2. The Labute approximate surface area is 216 Å². The lowest BCUT2D eigenvalue weighted by molar-refractivity contribution is -0.142. The molecular weight excluding hydrogens is 520 g/mol. The van der Waals surface area contributed by atoms with Crippen molar-refractivity contribution >= 4 is 44.6 Å². The number of halogens is 2. The molecule has 0 aliphatic carbocycles. The fourth-order valence-corrected chi connectivity index (χ4v) is 4.80. The summed E-state index contributed by atoms with van der Waals surface area (Å²) in [6.07, 6.45) is -0.215. The van der Waals surface area contributed by atoms with E-state index in [1.54, 1.807) is 12.1 Å². The standard InChI is InChI=1S/C26H21F2N3O6S/c27-20-6-2-5-19(23(20)28)22-24(26(34)31-25(22)33)30-17-4-1-3-15(13-17)14-21(32)37-11-12-38(35,36)18-9-7-16(29)8-10-18/h1-10,13H,11-12,14,29H2,(H2,30,31,33,34). The van der Waals surface area contributed by atoms with Gasteiger partial charge in [-0.15, -0.1) is 0 Å². The van der Waals surface area contributed by atoms with Crippen LogP contribution in [0.2, 0.25) is 0 Å². The molecule has 0 spiro atoms. The molecule has 3 aromatic rings. The lowest BCUT2D eigenvalue weighted by Crippen LogP contribution is -2.24. The van der Waals surface area contributed by atoms with Gasteiger partial charge in [0, 0.05) is 16.9 Å². The number of nitrogens with two attached hydrogens (primary N) is 1. The summed E-state index contributed by atoms with van der Waals surface area (Å²) in [4.78, 5) is 37.0. The lowest BCUT2D eigenvalue weighted by atomic mass is 10.0. The van der Waals surface area contributed by atoms with Crippen LogP contribution in [0, 0.1) is 11.6 Å². The van der Waals surface area contributed by atoms with Crippen LogP contribution in [0.5, 0.6) is 0 Å². The highest BCUT2D eigenvalue weighted by Crippen LogP contribution is 2.28. The van der Waals surface area contributed by atoms with Gasteiger partial charge in [0.05, 0.1) is 22.6 Å². The molecule has 0 saturated carbocycles. The molecule has 0 fully saturated rings. The monoisotopic (exact) mass is 541 g/mol. The van der Waals surface area contributed by atoms with Crippen LogP contribution in [-0.2, 0) is 35.4 Å². The van der Waals surface area contributed by atoms with E-state index in [0.29, 0.717) is 11.3 Å². The van der Waals surface area contributed by atoms with Crippen molar-refractivity contribution in [3.63, 3.8) is 0 Å². The molecule has 0 bridgehead atoms. The molecule has 0 saturated heterocycles. The Morgan fingerprint density at radius 3 is 2.42 bits per heavy atom. The summed E-state index contributed by atoms with van der Waals surface area (Å²) in [6.45, 7) is -0.360. The van der Waals surface area contributed by atoms with E-state index in [4.69, 9.17) is 10.5 Å². The minimum atomic E-state index is -3.67. The van der Waals surface area contributed by atoms with Crippen LogP contribution in [0.1, 0.15) is 11.1 Å². The van der Waals surface area contributed by atoms with E-state index in [9.17, 15) is 31.6 Å². The number of esters is 1. The molecule has 1 heterocycles. The third kappa shape index (κ3) is 5.86. The first kappa shape index (κ1) is 26.5. The molecular formula is C26H21F2N3O6S. The lowest BCUT2D eigenvalue weighted by Gasteiger charge is -2.11. The van der Waals surface area contributed by atoms with Gasteiger partial charge in [-0.3, -0.25) is 19.7 Å². The van der Waals surface area contributed by atoms with Gasteiger partial charge in [0.1, 0.15) is 12.3 Å². The van der Waals surface area contributed by atoms with Crippen LogP contribution in [-0.4, -0.2) is 38.6 Å². The van der Waals surface area contributed by atoms with E-state index >= 15 is 0 Å². The minimum Gasteiger partial charge on any atom is -0.464 e. The fourth-order valence-electron chi connectivity index (χ4n) is 3.71. The SMILES string of the molecule is Nc1ccc(S(=O)(=O)CCOC(=O)Cc2cccc(NC3=C(c4cccc(F)c4F)C(=O)NC3=O)c2)cc1. The first-order chi connectivity index (χ1) is 18.0. The quantitative estimate of drug-likeness (QED) is 0.213. The summed E-state index contributed by atoms with van der Waals surface area (Å²) < 4.78 is 57.9. The molecule has 3 aromatic carbocycles. The first-order valence-electron chi connectivity index (χ1n) is 11.2. The average molecular weight is 542 g/mol. The molecule has 0 radical (unpaired) electrons. The van der Waals surface area contributed by atoms with Crippen molar-refractivity contribution in [3.05, 3.63) is 95.2 Å². The zero-order valence-electron chi connectivity index (χ0n) is 19.7. The van der Waals surface area contributed by atoms with Crippen LogP contribution < -0.4 is 16.4 Å². The van der Waals surface area contributed by atoms with Crippen molar-refractivity contribution in [1.29, 1.82) is 0 Å². The number of amides is 2. The second-order valence-corrected chi connectivity index (χ2v) is 10.4. The number of carbonyl (C=O) groups is 3. The number of anilines is 2. The van der Waals surface area contributed by atoms with Crippen LogP contribution in [0.25, 0.3) is 5.57 Å². The van der Waals surface area contributed by atoms with E-state index in [-0.39, 0.29) is 40.4 Å². The molecule has 0 atom stereocenters. The molecule has 4 rings (SSSR count). The second-order valence-electron chi connectivity index (χ2n) is 8.25. The maximum absolute atomic E-state index is 14.3. The Morgan fingerprint density at radius 2 is 1.68 bits per heavy atom. The summed E-state index contributed by atoms with van der Waals surface area (Å²) in [5.41, 5.74) is 5.68. The average Bonchev–Trinajstić information content (AvgIpc) is 3.13. The molecule has 2 amide bonds. The van der Waals surface area contributed by atoms with E-state index in [1.807, 2.05) is 5.32 Å². The number of nitrogen functional groups attached to an aromatic ring is 1. The highest BCUT2D eigenvalue weighted by Gasteiger charge is 2.33. The summed E-state index contributed by atoms with van der Waals surface area (Å²) in [7, 11) is -3.67. The normalized spacial score (nSPS) is 13.4. The molecule has 9 nitrogen and oxygen atoms in total. The number of ether oxygens (including phenoxy) is 1. The second kappa shape index (κ2) is 10.8. The topological polar surface area (TPSA) is 145 Å². The van der Waals surface area contributed by atoms with E-state index in [0.717, 1.165) is 6.07 Å². The third-order valence-electron chi connectivity index (χ3n) is 5.55. The predicted molar refractivity (Wildman–Crippen MR) is 134 cm³/mol. The Kier molecular flexibility index (Phi) is 7.53. The molecule has 4 N–H and O–H groups in total. The van der Waals surface area contributed by atoms with Gasteiger partial charge in [-0.1, -0.05) is 24.3 Å². The number of carbonyl (C=O) groups excluding carboxylic acids is 3. The van der Waals surface area contributed by atoms with E-state index < -0.39 is 45.0 Å². The maximum Gasteiger partial charge on any atom is 0.310 e. The zero-order chi connectivity index (χ0) is 27.4. The largest absolute Gasteiger partial charge is 0.464 e. The number of rotatable bonds is 9. The van der Waals surface area contributed by atoms with Crippen LogP contribution >= 0.6 is 0 Å². The van der Waals surface area contributed by atoms with Gasteiger partial charge in [-0.2, -0.15) is 0 Å². The minimum absolute atomic E-state index is 0.0581. The molecule has 1 aliphatic heterocycles. The summed E-state index contributed by atoms with van der Waals surface area (Å²) in [6, 6.07) is 15.1. The Hall–Kier alpha value is -4.58. The van der Waals surface area contributed by atoms with Crippen LogP contribution in [0.15, 0.2) is 77.3 Å². The zero-order valence-corrected chi connectivity index (χ0v) is 20.5. The molecule has 38 heavy (non-hydrogen) atoms. The molecule has 12 heteroatoms. The first-order valence-corrected chi connectivity index (χ1v) is 12.8. The Morgan fingerprint density at radius 1 is 0.974 bits per heavy atom. The predicted octanol–water partition coefficient (Wildman–Crippen LogP) is 2.59. The Bertz CT molecular complexity index is 1570. The van der Waals surface area contributed by atoms with Gasteiger partial charge in [0.15, 0.2) is 21.5 Å². The number of benzene rings is 3. The maximum atomic E-state index is 14.3. The summed E-state index contributed by atoms with van der Waals surface area (Å²) in [5.74, 6) is -5.28. The van der Waals surface area contributed by atoms with Crippen molar-refractivity contribution in [2.45, 2.75) is 11.3 Å². The summed E-state index contributed by atoms with van der Waals surface area (Å²) >= 11 is 0. The van der Waals surface area contributed by atoms with Gasteiger partial charge in [-0.05, 0) is 48.0 Å². The van der Waals surface area contributed by atoms with Gasteiger partial charge < -0.3 is 15.8 Å². The van der Waals surface area contributed by atoms with E-state index in [1.165, 1.54) is 48.5 Å². The van der Waals surface area contributed by atoms with Crippen molar-refractivity contribution in [2.24, 2.45) is 0 Å². The number of hydrogen-bond donors (Lipinski definition) is 3. The van der Waals surface area contributed by atoms with Gasteiger partial charge >= 0.3 is 5.97 Å². The highest BCUT2D eigenvalue weighted by atomic mass is 32.2. The highest BCUT2D eigenvalue weighted by molar-refractivity contribution is 7.91. The number of sulfone groups is 1. The smallest absolute Gasteiger partial charge is 0.310 e. The van der Waals surface area contributed by atoms with Gasteiger partial charge in [-0.25, -0.2) is 17.2 Å². The molecule has 0 aromatic heterocycles. The van der Waals surface area contributed by atoms with Gasteiger partial charge in [0.25, 0.3) is 11.8 Å². The molecule has 1 aliphatic rings. The van der Waals surface area contributed by atoms with E-state index in [2.05, 4.69) is 5.32 Å². The van der Waals surface area contributed by atoms with Crippen molar-refractivity contribution < 1.29 is 36.3 Å². The van der Waals surface area contributed by atoms with Crippen LogP contribution in [0.4, 0.5) is 20.2 Å². The van der Waals surface area contributed by atoms with Crippen LogP contribution in [0.3, 0.4) is 0 Å². The fraction of sp³-hybridized carbons (Fsp3) is 0.115. The Balaban J connectivity index is 1.43. The molecule has 196 valence electrons. The van der Waals surface area contributed by atoms with Crippen molar-refractivity contribution in [1.82, 2.24) is 5.32 Å². The van der Waals surface area contributed by atoms with Crippen molar-refractivity contribution in [2.75, 3.05) is 23.4 Å². The number of hydrogen-bond acceptors (Lipinski definition) is 8. The van der Waals surface area contributed by atoms with Gasteiger partial charge in [0.2, 0.25) is 0 Å². The number of imide groups is 1. The summed E-state index contributed by atoms with van der Waals surface area (Å²) in [5, 5.41) is 4.78. The third-order valence-corrected chi connectivity index (χ3v) is 7.25. The van der Waals surface area contributed by atoms with Crippen molar-refractivity contribution in [3.8, 4) is 0 Å².